The van der Waals surface area contributed by atoms with Crippen LogP contribution in [0.2, 0.25) is 0 Å². The third kappa shape index (κ3) is 2.68. The molecular weight excluding hydrogens is 164 g/mol. The normalized spacial score (nSPS) is 37.4. The number of hydrogen-bond acceptors (Lipinski definition) is 2. The molecule has 1 N–H and O–H groups in total. The highest BCUT2D eigenvalue weighted by Crippen LogP contribution is 2.38. The zero-order valence-corrected chi connectivity index (χ0v) is 9.05. The number of aliphatic hydroxyl groups is 1. The minimum Gasteiger partial charge on any atom is -0.390 e. The van der Waals surface area contributed by atoms with Crippen molar-refractivity contribution in [1.82, 2.24) is 0 Å². The third-order valence-corrected chi connectivity index (χ3v) is 3.36. The smallest absolute Gasteiger partial charge is 0.0651 e. The van der Waals surface area contributed by atoms with Gasteiger partial charge in [-0.15, -0.1) is 0 Å². The van der Waals surface area contributed by atoms with Crippen LogP contribution in [0.1, 0.15) is 39.5 Å². The average molecular weight is 186 g/mol. The monoisotopic (exact) mass is 186 g/mol. The van der Waals surface area contributed by atoms with Crippen molar-refractivity contribution in [3.8, 4) is 0 Å². The average Bonchev–Trinajstić information content (AvgIpc) is 2.03. The molecule has 0 saturated heterocycles. The van der Waals surface area contributed by atoms with Gasteiger partial charge in [-0.3, -0.25) is 0 Å². The topological polar surface area (TPSA) is 29.5 Å². The molecule has 0 aromatic heterocycles. The maximum atomic E-state index is 10.2. The SMILES string of the molecule is COCC(C)C1CCCCC1(C)O. The Morgan fingerprint density at radius 1 is 1.54 bits per heavy atom. The summed E-state index contributed by atoms with van der Waals surface area (Å²) in [5.41, 5.74) is -0.462. The Morgan fingerprint density at radius 2 is 2.23 bits per heavy atom. The molecule has 0 radical (unpaired) electrons. The van der Waals surface area contributed by atoms with Crippen LogP contribution in [0.15, 0.2) is 0 Å². The minimum atomic E-state index is -0.462. The maximum absolute atomic E-state index is 10.2. The van der Waals surface area contributed by atoms with Crippen LogP contribution in [-0.4, -0.2) is 24.4 Å². The van der Waals surface area contributed by atoms with E-state index in [4.69, 9.17) is 4.74 Å². The molecule has 0 bridgehead atoms. The van der Waals surface area contributed by atoms with Crippen LogP contribution in [0, 0.1) is 11.8 Å². The third-order valence-electron chi connectivity index (χ3n) is 3.36. The molecule has 2 heteroatoms. The van der Waals surface area contributed by atoms with Crippen molar-refractivity contribution in [3.63, 3.8) is 0 Å². The van der Waals surface area contributed by atoms with Crippen molar-refractivity contribution in [2.75, 3.05) is 13.7 Å². The van der Waals surface area contributed by atoms with Gasteiger partial charge in [-0.25, -0.2) is 0 Å². The Labute approximate surface area is 81.3 Å². The number of hydrogen-bond donors (Lipinski definition) is 1. The molecule has 1 aliphatic carbocycles. The zero-order chi connectivity index (χ0) is 9.90. The van der Waals surface area contributed by atoms with E-state index in [-0.39, 0.29) is 0 Å². The molecular formula is C11H22O2. The Bertz CT molecular complexity index is 154. The summed E-state index contributed by atoms with van der Waals surface area (Å²) in [5, 5.41) is 10.2. The summed E-state index contributed by atoms with van der Waals surface area (Å²) < 4.78 is 5.14. The highest BCUT2D eigenvalue weighted by molar-refractivity contribution is 4.88. The summed E-state index contributed by atoms with van der Waals surface area (Å²) in [6.07, 6.45) is 4.53. The van der Waals surface area contributed by atoms with E-state index in [0.29, 0.717) is 11.8 Å². The Hall–Kier alpha value is -0.0800. The van der Waals surface area contributed by atoms with Crippen LogP contribution in [0.4, 0.5) is 0 Å². The lowest BCUT2D eigenvalue weighted by Crippen LogP contribution is -2.42. The minimum absolute atomic E-state index is 0.418. The summed E-state index contributed by atoms with van der Waals surface area (Å²) >= 11 is 0. The Balaban J connectivity index is 2.54. The lowest BCUT2D eigenvalue weighted by atomic mass is 9.71. The van der Waals surface area contributed by atoms with Gasteiger partial charge < -0.3 is 9.84 Å². The van der Waals surface area contributed by atoms with Crippen LogP contribution < -0.4 is 0 Å². The first-order chi connectivity index (χ1) is 6.08. The van der Waals surface area contributed by atoms with E-state index >= 15 is 0 Å². The Morgan fingerprint density at radius 3 is 2.77 bits per heavy atom. The fourth-order valence-corrected chi connectivity index (χ4v) is 2.62. The molecule has 13 heavy (non-hydrogen) atoms. The van der Waals surface area contributed by atoms with Crippen LogP contribution in [0.25, 0.3) is 0 Å². The maximum Gasteiger partial charge on any atom is 0.0651 e. The lowest BCUT2D eigenvalue weighted by molar-refractivity contribution is -0.0647. The van der Waals surface area contributed by atoms with E-state index in [1.54, 1.807) is 7.11 Å². The van der Waals surface area contributed by atoms with E-state index in [1.165, 1.54) is 12.8 Å². The molecule has 0 aromatic rings. The molecule has 0 aliphatic heterocycles. The van der Waals surface area contributed by atoms with Gasteiger partial charge in [-0.1, -0.05) is 19.8 Å². The highest BCUT2D eigenvalue weighted by Gasteiger charge is 2.37. The highest BCUT2D eigenvalue weighted by atomic mass is 16.5. The van der Waals surface area contributed by atoms with Gasteiger partial charge in [-0.2, -0.15) is 0 Å². The van der Waals surface area contributed by atoms with Crippen molar-refractivity contribution in [1.29, 1.82) is 0 Å². The van der Waals surface area contributed by atoms with Gasteiger partial charge in [-0.05, 0) is 31.6 Å². The van der Waals surface area contributed by atoms with E-state index < -0.39 is 5.60 Å². The summed E-state index contributed by atoms with van der Waals surface area (Å²) in [5.74, 6) is 0.890. The molecule has 0 spiro atoms. The van der Waals surface area contributed by atoms with Crippen LogP contribution in [0.3, 0.4) is 0 Å². The molecule has 1 aliphatic rings. The van der Waals surface area contributed by atoms with Gasteiger partial charge in [0.15, 0.2) is 0 Å². The molecule has 1 rings (SSSR count). The number of rotatable bonds is 3. The van der Waals surface area contributed by atoms with Gasteiger partial charge in [0.05, 0.1) is 5.60 Å². The van der Waals surface area contributed by atoms with E-state index in [2.05, 4.69) is 6.92 Å². The van der Waals surface area contributed by atoms with Gasteiger partial charge in [0, 0.05) is 13.7 Å². The molecule has 3 unspecified atom stereocenters. The summed E-state index contributed by atoms with van der Waals surface area (Å²) in [6.45, 7) is 4.91. The molecule has 1 saturated carbocycles. The summed E-state index contributed by atoms with van der Waals surface area (Å²) in [6, 6.07) is 0. The fraction of sp³-hybridized carbons (Fsp3) is 1.00. The first-order valence-corrected chi connectivity index (χ1v) is 5.29. The van der Waals surface area contributed by atoms with Gasteiger partial charge >= 0.3 is 0 Å². The van der Waals surface area contributed by atoms with Gasteiger partial charge in [0.1, 0.15) is 0 Å². The van der Waals surface area contributed by atoms with Gasteiger partial charge in [0.25, 0.3) is 0 Å². The second-order valence-corrected chi connectivity index (χ2v) is 4.64. The molecule has 3 atom stereocenters. The van der Waals surface area contributed by atoms with Crippen molar-refractivity contribution in [2.45, 2.75) is 45.1 Å². The number of methoxy groups -OCH3 is 1. The quantitative estimate of drug-likeness (QED) is 0.732. The molecule has 0 amide bonds. The first kappa shape index (κ1) is 11.0. The predicted octanol–water partition coefficient (Wildman–Crippen LogP) is 2.21. The van der Waals surface area contributed by atoms with Crippen molar-refractivity contribution in [2.24, 2.45) is 11.8 Å². The standard InChI is InChI=1S/C11H22O2/c1-9(8-13-3)10-6-4-5-7-11(10,2)12/h9-10,12H,4-8H2,1-3H3. The summed E-state index contributed by atoms with van der Waals surface area (Å²) in [4.78, 5) is 0. The predicted molar refractivity (Wildman–Crippen MR) is 53.6 cm³/mol. The van der Waals surface area contributed by atoms with Crippen molar-refractivity contribution >= 4 is 0 Å². The van der Waals surface area contributed by atoms with Gasteiger partial charge in [0.2, 0.25) is 0 Å². The van der Waals surface area contributed by atoms with Crippen LogP contribution >= 0.6 is 0 Å². The second kappa shape index (κ2) is 4.43. The van der Waals surface area contributed by atoms with Crippen molar-refractivity contribution < 1.29 is 9.84 Å². The molecule has 1 fully saturated rings. The largest absolute Gasteiger partial charge is 0.390 e. The molecule has 2 nitrogen and oxygen atoms in total. The van der Waals surface area contributed by atoms with Crippen LogP contribution in [0.5, 0.6) is 0 Å². The number of ether oxygens (including phenoxy) is 1. The van der Waals surface area contributed by atoms with E-state index in [1.807, 2.05) is 6.92 Å². The Kier molecular flexibility index (Phi) is 3.74. The van der Waals surface area contributed by atoms with E-state index in [9.17, 15) is 5.11 Å². The summed E-state index contributed by atoms with van der Waals surface area (Å²) in [7, 11) is 1.73. The zero-order valence-electron chi connectivity index (χ0n) is 9.05. The molecule has 78 valence electrons. The first-order valence-electron chi connectivity index (χ1n) is 5.29. The fourth-order valence-electron chi connectivity index (χ4n) is 2.62. The van der Waals surface area contributed by atoms with Crippen molar-refractivity contribution in [3.05, 3.63) is 0 Å². The van der Waals surface area contributed by atoms with Crippen LogP contribution in [-0.2, 0) is 4.74 Å². The molecule has 0 heterocycles. The lowest BCUT2D eigenvalue weighted by Gasteiger charge is -2.40. The molecule has 0 aromatic carbocycles. The van der Waals surface area contributed by atoms with E-state index in [0.717, 1.165) is 19.4 Å². The second-order valence-electron chi connectivity index (χ2n) is 4.64.